The van der Waals surface area contributed by atoms with Crippen molar-refractivity contribution in [1.82, 2.24) is 4.90 Å². The summed E-state index contributed by atoms with van der Waals surface area (Å²) in [4.78, 5) is 15.2. The minimum absolute atomic E-state index is 0.00424. The number of aliphatic hydroxyl groups is 1. The maximum atomic E-state index is 12.4. The second kappa shape index (κ2) is 9.38. The minimum Gasteiger partial charge on any atom is -0.395 e. The molecule has 3 nitrogen and oxygen atoms in total. The molecule has 0 saturated carbocycles. The molecule has 2 aromatic carbocycles. The third kappa shape index (κ3) is 6.08. The Balaban J connectivity index is 1.86. The second-order valence-corrected chi connectivity index (χ2v) is 6.49. The van der Waals surface area contributed by atoms with Crippen LogP contribution in [0.2, 0.25) is 0 Å². The predicted molar refractivity (Wildman–Crippen MR) is 95.7 cm³/mol. The number of nitrogens with zero attached hydrogens (tertiary/aromatic N) is 1. The summed E-state index contributed by atoms with van der Waals surface area (Å²) >= 11 is 1.54. The number of aryl methyl sites for hydroxylation is 1. The first kappa shape index (κ1) is 17.6. The highest BCUT2D eigenvalue weighted by Gasteiger charge is 2.13. The summed E-state index contributed by atoms with van der Waals surface area (Å²) in [5.74, 6) is 0.471. The lowest BCUT2D eigenvalue weighted by atomic mass is 10.1. The first-order valence-corrected chi connectivity index (χ1v) is 8.79. The van der Waals surface area contributed by atoms with Crippen LogP contribution in [0.5, 0.6) is 0 Å². The van der Waals surface area contributed by atoms with Crippen molar-refractivity contribution in [1.29, 1.82) is 0 Å². The largest absolute Gasteiger partial charge is 0.395 e. The third-order valence-corrected chi connectivity index (χ3v) is 4.62. The van der Waals surface area contributed by atoms with Crippen LogP contribution in [0.4, 0.5) is 0 Å². The number of thioether (sulfide) groups is 1. The summed E-state index contributed by atoms with van der Waals surface area (Å²) in [6.07, 6.45) is 0.807. The molecule has 0 heterocycles. The van der Waals surface area contributed by atoms with Crippen LogP contribution < -0.4 is 0 Å². The summed E-state index contributed by atoms with van der Waals surface area (Å²) in [6.45, 7) is 3.07. The van der Waals surface area contributed by atoms with E-state index in [2.05, 4.69) is 12.1 Å². The molecule has 0 aliphatic rings. The lowest BCUT2D eigenvalue weighted by Crippen LogP contribution is -2.36. The van der Waals surface area contributed by atoms with E-state index in [9.17, 15) is 9.90 Å². The van der Waals surface area contributed by atoms with Gasteiger partial charge in [-0.15, -0.1) is 11.8 Å². The topological polar surface area (TPSA) is 40.5 Å². The average molecular weight is 329 g/mol. The van der Waals surface area contributed by atoms with Gasteiger partial charge in [0.2, 0.25) is 5.91 Å². The van der Waals surface area contributed by atoms with Gasteiger partial charge < -0.3 is 10.0 Å². The molecule has 0 aliphatic carbocycles. The fraction of sp³-hybridized carbons (Fsp3) is 0.316. The number of aliphatic hydroxyl groups excluding tert-OH is 1. The van der Waals surface area contributed by atoms with E-state index in [1.165, 1.54) is 11.1 Å². The molecule has 0 radical (unpaired) electrons. The molecular weight excluding hydrogens is 306 g/mol. The van der Waals surface area contributed by atoms with Crippen LogP contribution >= 0.6 is 11.8 Å². The van der Waals surface area contributed by atoms with Gasteiger partial charge in [0.15, 0.2) is 0 Å². The lowest BCUT2D eigenvalue weighted by molar-refractivity contribution is -0.128. The molecule has 1 amide bonds. The highest BCUT2D eigenvalue weighted by molar-refractivity contribution is 8.00. The van der Waals surface area contributed by atoms with Crippen molar-refractivity contribution in [2.75, 3.05) is 25.4 Å². The number of hydrogen-bond donors (Lipinski definition) is 1. The molecule has 23 heavy (non-hydrogen) atoms. The van der Waals surface area contributed by atoms with Gasteiger partial charge in [0, 0.05) is 18.0 Å². The second-order valence-electron chi connectivity index (χ2n) is 5.44. The van der Waals surface area contributed by atoms with E-state index in [4.69, 9.17) is 0 Å². The van der Waals surface area contributed by atoms with Crippen molar-refractivity contribution in [2.45, 2.75) is 18.2 Å². The van der Waals surface area contributed by atoms with Crippen molar-refractivity contribution in [3.8, 4) is 0 Å². The zero-order chi connectivity index (χ0) is 16.5. The molecule has 4 heteroatoms. The molecule has 0 bridgehead atoms. The van der Waals surface area contributed by atoms with Crippen LogP contribution in [0.1, 0.15) is 11.1 Å². The molecule has 2 aromatic rings. The van der Waals surface area contributed by atoms with E-state index in [1.807, 2.05) is 49.4 Å². The van der Waals surface area contributed by atoms with E-state index in [0.29, 0.717) is 18.8 Å². The van der Waals surface area contributed by atoms with Gasteiger partial charge >= 0.3 is 0 Å². The van der Waals surface area contributed by atoms with Crippen molar-refractivity contribution >= 4 is 17.7 Å². The standard InChI is InChI=1S/C19H23NO2S/c1-16-7-9-18(10-8-16)23-15-19(22)20(13-14-21)12-11-17-5-3-2-4-6-17/h2-10,21H,11-15H2,1H3. The quantitative estimate of drug-likeness (QED) is 0.756. The molecule has 0 saturated heterocycles. The summed E-state index contributed by atoms with van der Waals surface area (Å²) in [7, 11) is 0. The number of carbonyl (C=O) groups excluding carboxylic acids is 1. The Morgan fingerprint density at radius 3 is 2.39 bits per heavy atom. The Kier molecular flexibility index (Phi) is 7.17. The van der Waals surface area contributed by atoms with Crippen LogP contribution in [0.15, 0.2) is 59.5 Å². The Morgan fingerprint density at radius 2 is 1.74 bits per heavy atom. The van der Waals surface area contributed by atoms with E-state index in [0.717, 1.165) is 11.3 Å². The van der Waals surface area contributed by atoms with E-state index in [1.54, 1.807) is 16.7 Å². The van der Waals surface area contributed by atoms with Crippen LogP contribution in [0.3, 0.4) is 0 Å². The fourth-order valence-corrected chi connectivity index (χ4v) is 3.06. The van der Waals surface area contributed by atoms with Crippen LogP contribution in [-0.2, 0) is 11.2 Å². The van der Waals surface area contributed by atoms with Crippen molar-refractivity contribution in [3.05, 3.63) is 65.7 Å². The van der Waals surface area contributed by atoms with E-state index < -0.39 is 0 Å². The molecule has 0 spiro atoms. The molecule has 2 rings (SSSR count). The molecule has 0 fully saturated rings. The maximum Gasteiger partial charge on any atom is 0.233 e. The Hall–Kier alpha value is -1.78. The number of carbonyl (C=O) groups is 1. The number of hydrogen-bond acceptors (Lipinski definition) is 3. The Labute approximate surface area is 142 Å². The lowest BCUT2D eigenvalue weighted by Gasteiger charge is -2.21. The molecule has 0 aliphatic heterocycles. The van der Waals surface area contributed by atoms with Gasteiger partial charge in [-0.25, -0.2) is 0 Å². The molecule has 0 aromatic heterocycles. The first-order valence-electron chi connectivity index (χ1n) is 7.81. The van der Waals surface area contributed by atoms with Gasteiger partial charge in [0.25, 0.3) is 0 Å². The number of benzene rings is 2. The zero-order valence-corrected chi connectivity index (χ0v) is 14.3. The summed E-state index contributed by atoms with van der Waals surface area (Å²) in [5.41, 5.74) is 2.42. The summed E-state index contributed by atoms with van der Waals surface area (Å²) in [6, 6.07) is 18.3. The number of amides is 1. The highest BCUT2D eigenvalue weighted by atomic mass is 32.2. The van der Waals surface area contributed by atoms with Crippen LogP contribution in [0, 0.1) is 6.92 Å². The maximum absolute atomic E-state index is 12.4. The third-order valence-electron chi connectivity index (χ3n) is 3.62. The predicted octanol–water partition coefficient (Wildman–Crippen LogP) is 3.15. The van der Waals surface area contributed by atoms with E-state index in [-0.39, 0.29) is 12.5 Å². The Morgan fingerprint density at radius 1 is 1.04 bits per heavy atom. The summed E-state index contributed by atoms with van der Waals surface area (Å²) < 4.78 is 0. The van der Waals surface area contributed by atoms with Gasteiger partial charge in [-0.1, -0.05) is 48.0 Å². The number of rotatable bonds is 8. The smallest absolute Gasteiger partial charge is 0.233 e. The molecule has 0 atom stereocenters. The van der Waals surface area contributed by atoms with Gasteiger partial charge in [0.1, 0.15) is 0 Å². The van der Waals surface area contributed by atoms with Crippen LogP contribution in [0.25, 0.3) is 0 Å². The van der Waals surface area contributed by atoms with Crippen molar-refractivity contribution in [2.24, 2.45) is 0 Å². The monoisotopic (exact) mass is 329 g/mol. The molecule has 1 N–H and O–H groups in total. The molecular formula is C19H23NO2S. The average Bonchev–Trinajstić information content (AvgIpc) is 2.58. The highest BCUT2D eigenvalue weighted by Crippen LogP contribution is 2.18. The van der Waals surface area contributed by atoms with Gasteiger partial charge in [0.05, 0.1) is 12.4 Å². The first-order chi connectivity index (χ1) is 11.2. The van der Waals surface area contributed by atoms with Crippen molar-refractivity contribution < 1.29 is 9.90 Å². The summed E-state index contributed by atoms with van der Waals surface area (Å²) in [5, 5.41) is 9.20. The van der Waals surface area contributed by atoms with Crippen molar-refractivity contribution in [3.63, 3.8) is 0 Å². The van der Waals surface area contributed by atoms with Gasteiger partial charge in [-0.3, -0.25) is 4.79 Å². The SMILES string of the molecule is Cc1ccc(SCC(=O)N(CCO)CCc2ccccc2)cc1. The van der Waals surface area contributed by atoms with Gasteiger partial charge in [-0.05, 0) is 31.0 Å². The molecule has 0 unspecified atom stereocenters. The van der Waals surface area contributed by atoms with Crippen LogP contribution in [-0.4, -0.2) is 41.4 Å². The normalized spacial score (nSPS) is 10.5. The zero-order valence-electron chi connectivity index (χ0n) is 13.4. The van der Waals surface area contributed by atoms with Gasteiger partial charge in [-0.2, -0.15) is 0 Å². The Bertz CT molecular complexity index is 599. The minimum atomic E-state index is -0.00424. The fourth-order valence-electron chi connectivity index (χ4n) is 2.26. The molecule has 122 valence electrons. The van der Waals surface area contributed by atoms with E-state index >= 15 is 0 Å².